The predicted molar refractivity (Wildman–Crippen MR) is 172 cm³/mol. The van der Waals surface area contributed by atoms with Crippen molar-refractivity contribution < 1.29 is 26.3 Å². The number of sulfonamides is 1. The highest BCUT2D eigenvalue weighted by Crippen LogP contribution is 2.35. The fourth-order valence-electron chi connectivity index (χ4n) is 5.79. The van der Waals surface area contributed by atoms with E-state index in [9.17, 15) is 12.8 Å². The number of methoxy groups -OCH3 is 1. The van der Waals surface area contributed by atoms with Crippen molar-refractivity contribution in [2.45, 2.75) is 11.8 Å². The van der Waals surface area contributed by atoms with E-state index in [1.54, 1.807) is 10.5 Å². The molecule has 5 heterocycles. The van der Waals surface area contributed by atoms with Crippen LogP contribution >= 0.6 is 0 Å². The highest BCUT2D eigenvalue weighted by molar-refractivity contribution is 7.92. The van der Waals surface area contributed by atoms with E-state index in [4.69, 9.17) is 9.72 Å². The minimum atomic E-state index is -4.60. The van der Waals surface area contributed by atoms with Gasteiger partial charge in [-0.15, -0.1) is 0 Å². The Balaban J connectivity index is 1.21. The first-order valence-corrected chi connectivity index (χ1v) is 16.1. The van der Waals surface area contributed by atoms with Crippen molar-refractivity contribution in [2.24, 2.45) is 0 Å². The van der Waals surface area contributed by atoms with Crippen molar-refractivity contribution >= 4 is 37.9 Å². The van der Waals surface area contributed by atoms with Gasteiger partial charge >= 0.3 is 0 Å². The molecule has 1 aliphatic rings. The molecule has 0 bridgehead atoms. The maximum absolute atomic E-state index is 15.9. The summed E-state index contributed by atoms with van der Waals surface area (Å²) in [6.07, 6.45) is 3.82. The van der Waals surface area contributed by atoms with Gasteiger partial charge in [-0.25, -0.2) is 36.5 Å². The van der Waals surface area contributed by atoms with Crippen LogP contribution in [-0.4, -0.2) is 78.0 Å². The fraction of sp³-hybridized carbons (Fsp3) is 0.219. The number of hydrogen-bond acceptors (Lipinski definition) is 8. The Morgan fingerprint density at radius 2 is 1.77 bits per heavy atom. The molecule has 11 nitrogen and oxygen atoms in total. The Morgan fingerprint density at radius 3 is 2.53 bits per heavy atom. The van der Waals surface area contributed by atoms with E-state index in [1.165, 1.54) is 32.6 Å². The number of aromatic amines is 1. The van der Waals surface area contributed by atoms with Crippen LogP contribution < -0.4 is 14.4 Å². The van der Waals surface area contributed by atoms with Gasteiger partial charge in [-0.3, -0.25) is 4.72 Å². The third-order valence-electron chi connectivity index (χ3n) is 8.36. The Bertz CT molecular complexity index is 2280. The number of rotatable bonds is 7. The molecular weight excluding hydrogens is 633 g/mol. The number of aromatic nitrogens is 5. The largest absolute Gasteiger partial charge is 0.480 e. The van der Waals surface area contributed by atoms with Crippen LogP contribution in [0, 0.1) is 24.4 Å². The Hall–Kier alpha value is -5.15. The molecule has 0 spiro atoms. The number of imidazole rings is 2. The summed E-state index contributed by atoms with van der Waals surface area (Å²) < 4.78 is 80.4. The van der Waals surface area contributed by atoms with E-state index < -0.39 is 43.6 Å². The summed E-state index contributed by atoms with van der Waals surface area (Å²) in [5.74, 6) is -2.81. The maximum Gasteiger partial charge on any atom is 0.267 e. The molecule has 0 aliphatic carbocycles. The maximum atomic E-state index is 15.9. The van der Waals surface area contributed by atoms with Crippen LogP contribution in [-0.2, 0) is 10.0 Å². The van der Waals surface area contributed by atoms with Crippen LogP contribution in [0.5, 0.6) is 5.88 Å². The molecular formula is C32H29F3N8O3S. The lowest BCUT2D eigenvalue weighted by Gasteiger charge is -2.34. The summed E-state index contributed by atoms with van der Waals surface area (Å²) in [6, 6.07) is 11.2. The number of benzene rings is 2. The molecule has 2 N–H and O–H groups in total. The molecule has 0 atom stereocenters. The lowest BCUT2D eigenvalue weighted by molar-refractivity contribution is 0.313. The van der Waals surface area contributed by atoms with Gasteiger partial charge in [0.1, 0.15) is 23.7 Å². The zero-order valence-corrected chi connectivity index (χ0v) is 26.4. The van der Waals surface area contributed by atoms with Gasteiger partial charge in [-0.2, -0.15) is 0 Å². The van der Waals surface area contributed by atoms with Crippen LogP contribution in [0.25, 0.3) is 39.2 Å². The van der Waals surface area contributed by atoms with Crippen molar-refractivity contribution in [3.05, 3.63) is 84.2 Å². The van der Waals surface area contributed by atoms with Gasteiger partial charge in [0.05, 0.1) is 41.1 Å². The fourth-order valence-corrected chi connectivity index (χ4v) is 7.21. The molecule has 1 fully saturated rings. The Kier molecular flexibility index (Phi) is 7.51. The number of pyridine rings is 2. The predicted octanol–water partition coefficient (Wildman–Crippen LogP) is 5.23. The van der Waals surface area contributed by atoms with Crippen LogP contribution in [0.1, 0.15) is 5.56 Å². The first kappa shape index (κ1) is 30.5. The summed E-state index contributed by atoms with van der Waals surface area (Å²) >= 11 is 0. The molecule has 0 unspecified atom stereocenters. The van der Waals surface area contributed by atoms with E-state index in [1.807, 2.05) is 6.07 Å². The van der Waals surface area contributed by atoms with Gasteiger partial charge in [0.2, 0.25) is 5.88 Å². The smallest absolute Gasteiger partial charge is 0.267 e. The lowest BCUT2D eigenvalue weighted by Crippen LogP contribution is -2.44. The van der Waals surface area contributed by atoms with Crippen LogP contribution in [0.4, 0.5) is 24.5 Å². The molecule has 0 amide bonds. The summed E-state index contributed by atoms with van der Waals surface area (Å²) in [5, 5.41) is 0. The number of H-pyrrole nitrogens is 1. The number of likely N-dealkylation sites (N-methyl/N-ethyl adjacent to an activating group) is 1. The molecule has 15 heteroatoms. The summed E-state index contributed by atoms with van der Waals surface area (Å²) in [4.78, 5) is 20.3. The molecule has 0 saturated carbocycles. The molecule has 1 aliphatic heterocycles. The Labute approximate surface area is 267 Å². The minimum Gasteiger partial charge on any atom is -0.480 e. The van der Waals surface area contributed by atoms with Crippen molar-refractivity contribution in [3.63, 3.8) is 0 Å². The van der Waals surface area contributed by atoms with Gasteiger partial charge in [-0.05, 0) is 50.4 Å². The second kappa shape index (κ2) is 11.6. The van der Waals surface area contributed by atoms with E-state index in [0.29, 0.717) is 17.0 Å². The summed E-state index contributed by atoms with van der Waals surface area (Å²) in [5.41, 5.74) is 2.76. The van der Waals surface area contributed by atoms with Crippen molar-refractivity contribution in [1.29, 1.82) is 0 Å². The van der Waals surface area contributed by atoms with Crippen LogP contribution in [0.3, 0.4) is 0 Å². The molecule has 4 aromatic heterocycles. The SMILES string of the molecule is COc1ncc(F)c(C)c1S(=O)(=O)Nc1ccc(F)c(-c2ccc3c(-c4nc5ccc(N6CCN(C)CC6)cc5[nH]4)ncn3c2)c1F. The van der Waals surface area contributed by atoms with Crippen LogP contribution in [0.2, 0.25) is 0 Å². The van der Waals surface area contributed by atoms with E-state index in [2.05, 4.69) is 48.7 Å². The topological polar surface area (TPSA) is 121 Å². The Morgan fingerprint density at radius 1 is 0.979 bits per heavy atom. The molecule has 6 aromatic rings. The number of ether oxygens (including phenoxy) is 1. The van der Waals surface area contributed by atoms with Crippen molar-refractivity contribution in [3.8, 4) is 28.5 Å². The van der Waals surface area contributed by atoms with Gasteiger partial charge < -0.3 is 23.9 Å². The average molecular weight is 663 g/mol. The molecule has 242 valence electrons. The zero-order chi connectivity index (χ0) is 33.0. The van der Waals surface area contributed by atoms with Crippen LogP contribution in [0.15, 0.2) is 66.1 Å². The third kappa shape index (κ3) is 5.40. The molecule has 7 rings (SSSR count). The normalized spacial score (nSPS) is 14.3. The van der Waals surface area contributed by atoms with Gasteiger partial charge in [-0.1, -0.05) is 6.07 Å². The summed E-state index contributed by atoms with van der Waals surface area (Å²) in [7, 11) is -1.31. The molecule has 1 saturated heterocycles. The number of nitrogens with zero attached hydrogens (tertiary/aromatic N) is 6. The minimum absolute atomic E-state index is 0.125. The average Bonchev–Trinajstić information content (AvgIpc) is 3.67. The highest BCUT2D eigenvalue weighted by Gasteiger charge is 2.28. The zero-order valence-electron chi connectivity index (χ0n) is 25.6. The van der Waals surface area contributed by atoms with E-state index in [-0.39, 0.29) is 17.0 Å². The first-order chi connectivity index (χ1) is 22.5. The molecule has 47 heavy (non-hydrogen) atoms. The third-order valence-corrected chi connectivity index (χ3v) is 9.87. The van der Waals surface area contributed by atoms with Gasteiger partial charge in [0.15, 0.2) is 16.5 Å². The first-order valence-electron chi connectivity index (χ1n) is 14.6. The number of nitrogens with one attached hydrogen (secondary N) is 2. The second-order valence-electron chi connectivity index (χ2n) is 11.3. The number of halogens is 3. The second-order valence-corrected chi connectivity index (χ2v) is 13.0. The van der Waals surface area contributed by atoms with E-state index in [0.717, 1.165) is 61.2 Å². The standard InChI is InChI=1S/C32H29F3N8O3S/c1-18-22(34)15-36-32(46-3)30(18)47(44,45)40-24-8-6-21(33)27(28(24)35)19-4-9-26-29(37-17-43(26)16-19)31-38-23-7-5-20(14-25(23)39-31)42-12-10-41(2)11-13-42/h4-9,14-17,40H,10-13H2,1-3H3,(H,38,39). The van der Waals surface area contributed by atoms with E-state index >= 15 is 8.78 Å². The number of anilines is 2. The monoisotopic (exact) mass is 662 g/mol. The number of hydrogen-bond donors (Lipinski definition) is 2. The van der Waals surface area contributed by atoms with Crippen molar-refractivity contribution in [1.82, 2.24) is 29.2 Å². The number of fused-ring (bicyclic) bond motifs is 2. The summed E-state index contributed by atoms with van der Waals surface area (Å²) in [6.45, 7) is 5.08. The molecule has 2 aromatic carbocycles. The van der Waals surface area contributed by atoms with Crippen molar-refractivity contribution in [2.75, 3.05) is 50.0 Å². The van der Waals surface area contributed by atoms with Gasteiger partial charge in [0.25, 0.3) is 10.0 Å². The van der Waals surface area contributed by atoms with Gasteiger partial charge in [0, 0.05) is 49.2 Å². The highest BCUT2D eigenvalue weighted by atomic mass is 32.2. The number of piperazine rings is 1. The molecule has 0 radical (unpaired) electrons. The quantitative estimate of drug-likeness (QED) is 0.239. The lowest BCUT2D eigenvalue weighted by atomic mass is 10.0.